The first-order valence-electron chi connectivity index (χ1n) is 9.85. The number of nitrogens with one attached hydrogen (secondary N) is 1. The maximum absolute atomic E-state index is 13.2. The first-order chi connectivity index (χ1) is 12.2. The molecule has 1 spiro atoms. The molecule has 7 nitrogen and oxygen atoms in total. The summed E-state index contributed by atoms with van der Waals surface area (Å²) in [6, 6.07) is -0.117. The van der Waals surface area contributed by atoms with Crippen molar-refractivity contribution in [2.45, 2.75) is 76.4 Å². The number of nitrogens with zero attached hydrogens (tertiary/aromatic N) is 3. The normalized spacial score (nSPS) is 27.5. The van der Waals surface area contributed by atoms with Gasteiger partial charge in [0.05, 0.1) is 0 Å². The second-order valence-corrected chi connectivity index (χ2v) is 8.67. The van der Waals surface area contributed by atoms with Gasteiger partial charge in [0, 0.05) is 18.1 Å². The van der Waals surface area contributed by atoms with Crippen molar-refractivity contribution >= 4 is 17.8 Å². The monoisotopic (exact) mass is 364 g/mol. The molecule has 0 radical (unpaired) electrons. The molecule has 7 heteroatoms. The van der Waals surface area contributed by atoms with Crippen LogP contribution in [0.1, 0.15) is 59.3 Å². The van der Waals surface area contributed by atoms with Crippen LogP contribution < -0.4 is 5.32 Å². The van der Waals surface area contributed by atoms with Gasteiger partial charge in [-0.05, 0) is 46.7 Å². The molecule has 2 saturated heterocycles. The maximum Gasteiger partial charge on any atom is 0.325 e. The lowest BCUT2D eigenvalue weighted by Crippen LogP contribution is -2.52. The van der Waals surface area contributed by atoms with Gasteiger partial charge in [0.25, 0.3) is 5.91 Å². The van der Waals surface area contributed by atoms with Crippen molar-refractivity contribution in [3.8, 4) is 0 Å². The van der Waals surface area contributed by atoms with Crippen LogP contribution in [-0.4, -0.2) is 76.3 Å². The summed E-state index contributed by atoms with van der Waals surface area (Å²) in [6.07, 6.45) is 6.55. The van der Waals surface area contributed by atoms with Crippen LogP contribution in [0.15, 0.2) is 0 Å². The SMILES string of the molecule is CCN(C)C1CN(C(=O)CN2C(=O)NC(C)(C)C2=O)C2(CCCCC2)C1. The fraction of sp³-hybridized carbons (Fsp3) is 0.842. The van der Waals surface area contributed by atoms with E-state index in [1.165, 1.54) is 6.42 Å². The minimum absolute atomic E-state index is 0.0971. The van der Waals surface area contributed by atoms with E-state index in [9.17, 15) is 14.4 Å². The number of amides is 4. The van der Waals surface area contributed by atoms with Crippen LogP contribution in [0.25, 0.3) is 0 Å². The number of hydrogen-bond acceptors (Lipinski definition) is 4. The van der Waals surface area contributed by atoms with E-state index in [2.05, 4.69) is 24.2 Å². The molecule has 4 amide bonds. The van der Waals surface area contributed by atoms with Gasteiger partial charge in [-0.25, -0.2) is 4.79 Å². The van der Waals surface area contributed by atoms with E-state index in [1.807, 2.05) is 4.90 Å². The van der Waals surface area contributed by atoms with Crippen LogP contribution in [0, 0.1) is 0 Å². The molecule has 2 heterocycles. The number of hydrogen-bond donors (Lipinski definition) is 1. The molecule has 0 aromatic carbocycles. The highest BCUT2D eigenvalue weighted by Gasteiger charge is 2.51. The van der Waals surface area contributed by atoms with Crippen LogP contribution in [0.4, 0.5) is 4.79 Å². The van der Waals surface area contributed by atoms with Crippen LogP contribution in [0.3, 0.4) is 0 Å². The average molecular weight is 364 g/mol. The summed E-state index contributed by atoms with van der Waals surface area (Å²) in [4.78, 5) is 43.1. The zero-order valence-electron chi connectivity index (χ0n) is 16.5. The van der Waals surface area contributed by atoms with E-state index in [4.69, 9.17) is 0 Å². The topological polar surface area (TPSA) is 73.0 Å². The zero-order chi connectivity index (χ0) is 19.1. The molecule has 0 aromatic rings. The predicted octanol–water partition coefficient (Wildman–Crippen LogP) is 1.57. The van der Waals surface area contributed by atoms with Gasteiger partial charge in [-0.1, -0.05) is 26.2 Å². The summed E-state index contributed by atoms with van der Waals surface area (Å²) in [5, 5.41) is 2.65. The molecule has 1 aliphatic carbocycles. The number of imide groups is 1. The Balaban J connectivity index is 1.78. The van der Waals surface area contributed by atoms with E-state index < -0.39 is 11.6 Å². The van der Waals surface area contributed by atoms with Crippen molar-refractivity contribution < 1.29 is 14.4 Å². The summed E-state index contributed by atoms with van der Waals surface area (Å²) in [5.74, 6) is -0.421. The van der Waals surface area contributed by atoms with Gasteiger partial charge >= 0.3 is 6.03 Å². The molecular weight excluding hydrogens is 332 g/mol. The van der Waals surface area contributed by atoms with Crippen LogP contribution in [0.5, 0.6) is 0 Å². The number of carbonyl (C=O) groups is 3. The highest BCUT2D eigenvalue weighted by Crippen LogP contribution is 2.43. The molecule has 146 valence electrons. The van der Waals surface area contributed by atoms with Gasteiger partial charge in [0.2, 0.25) is 5.91 Å². The third-order valence-corrected chi connectivity index (χ3v) is 6.53. The Labute approximate surface area is 156 Å². The van der Waals surface area contributed by atoms with E-state index in [1.54, 1.807) is 13.8 Å². The quantitative estimate of drug-likeness (QED) is 0.769. The minimum Gasteiger partial charge on any atom is -0.334 e. The fourth-order valence-corrected chi connectivity index (χ4v) is 4.80. The molecule has 0 bridgehead atoms. The largest absolute Gasteiger partial charge is 0.334 e. The molecule has 3 rings (SSSR count). The molecule has 1 saturated carbocycles. The summed E-state index contributed by atoms with van der Waals surface area (Å²) in [6.45, 7) is 6.96. The Morgan fingerprint density at radius 3 is 2.42 bits per heavy atom. The van der Waals surface area contributed by atoms with Gasteiger partial charge in [0.1, 0.15) is 12.1 Å². The fourth-order valence-electron chi connectivity index (χ4n) is 4.80. The number of carbonyl (C=O) groups excluding carboxylic acids is 3. The van der Waals surface area contributed by atoms with Crippen molar-refractivity contribution in [2.24, 2.45) is 0 Å². The van der Waals surface area contributed by atoms with Crippen LogP contribution >= 0.6 is 0 Å². The van der Waals surface area contributed by atoms with Crippen LogP contribution in [-0.2, 0) is 9.59 Å². The number of urea groups is 1. The average Bonchev–Trinajstić information content (AvgIpc) is 3.05. The van der Waals surface area contributed by atoms with Crippen molar-refractivity contribution in [2.75, 3.05) is 26.7 Å². The second kappa shape index (κ2) is 6.83. The summed E-state index contributed by atoms with van der Waals surface area (Å²) >= 11 is 0. The Bertz CT molecular complexity index is 598. The molecular formula is C19H32N4O3. The molecule has 1 unspecified atom stereocenters. The number of rotatable bonds is 4. The van der Waals surface area contributed by atoms with Crippen LogP contribution in [0.2, 0.25) is 0 Å². The van der Waals surface area contributed by atoms with E-state index in [0.717, 1.165) is 43.5 Å². The van der Waals surface area contributed by atoms with Gasteiger partial charge in [0.15, 0.2) is 0 Å². The van der Waals surface area contributed by atoms with Crippen molar-refractivity contribution in [1.82, 2.24) is 20.0 Å². The molecule has 2 aliphatic heterocycles. The van der Waals surface area contributed by atoms with Gasteiger partial charge in [-0.15, -0.1) is 0 Å². The maximum atomic E-state index is 13.2. The predicted molar refractivity (Wildman–Crippen MR) is 98.6 cm³/mol. The third-order valence-electron chi connectivity index (χ3n) is 6.53. The highest BCUT2D eigenvalue weighted by atomic mass is 16.2. The second-order valence-electron chi connectivity index (χ2n) is 8.67. The van der Waals surface area contributed by atoms with Crippen molar-refractivity contribution in [3.05, 3.63) is 0 Å². The Kier molecular flexibility index (Phi) is 5.03. The molecule has 0 aromatic heterocycles. The highest BCUT2D eigenvalue weighted by molar-refractivity contribution is 6.08. The Morgan fingerprint density at radius 1 is 1.23 bits per heavy atom. The number of likely N-dealkylation sites (tertiary alicyclic amines) is 1. The molecule has 1 N–H and O–H groups in total. The lowest BCUT2D eigenvalue weighted by atomic mass is 9.79. The Morgan fingerprint density at radius 2 is 1.88 bits per heavy atom. The lowest BCUT2D eigenvalue weighted by molar-refractivity contribution is -0.142. The zero-order valence-corrected chi connectivity index (χ0v) is 16.5. The number of likely N-dealkylation sites (N-methyl/N-ethyl adjacent to an activating group) is 1. The molecule has 3 fully saturated rings. The summed E-state index contributed by atoms with van der Waals surface area (Å²) in [7, 11) is 2.11. The van der Waals surface area contributed by atoms with Crippen molar-refractivity contribution in [1.29, 1.82) is 0 Å². The lowest BCUT2D eigenvalue weighted by Gasteiger charge is -2.42. The van der Waals surface area contributed by atoms with E-state index in [-0.39, 0.29) is 23.9 Å². The summed E-state index contributed by atoms with van der Waals surface area (Å²) in [5.41, 5.74) is -1.03. The van der Waals surface area contributed by atoms with Crippen molar-refractivity contribution in [3.63, 3.8) is 0 Å². The summed E-state index contributed by atoms with van der Waals surface area (Å²) < 4.78 is 0. The smallest absolute Gasteiger partial charge is 0.325 e. The van der Waals surface area contributed by atoms with E-state index in [0.29, 0.717) is 12.6 Å². The van der Waals surface area contributed by atoms with Gasteiger partial charge in [-0.2, -0.15) is 0 Å². The minimum atomic E-state index is -0.935. The van der Waals surface area contributed by atoms with E-state index >= 15 is 0 Å². The molecule has 1 atom stereocenters. The standard InChI is InChI=1S/C19H32N4O3/c1-5-21(4)14-11-19(9-7-6-8-10-19)23(12-14)15(24)13-22-16(25)18(2,3)20-17(22)26/h14H,5-13H2,1-4H3,(H,20,26). The third kappa shape index (κ3) is 3.21. The van der Waals surface area contributed by atoms with Gasteiger partial charge < -0.3 is 15.1 Å². The first-order valence-corrected chi connectivity index (χ1v) is 9.85. The molecule has 26 heavy (non-hydrogen) atoms. The Hall–Kier alpha value is -1.63. The molecule has 3 aliphatic rings. The first kappa shape index (κ1) is 19.1. The van der Waals surface area contributed by atoms with Gasteiger partial charge in [-0.3, -0.25) is 14.5 Å².